The van der Waals surface area contributed by atoms with Crippen LogP contribution >= 0.6 is 11.3 Å². The topological polar surface area (TPSA) is 67.5 Å². The van der Waals surface area contributed by atoms with E-state index >= 15 is 0 Å². The summed E-state index contributed by atoms with van der Waals surface area (Å²) in [7, 11) is 0. The Morgan fingerprint density at radius 1 is 1.41 bits per heavy atom. The number of pyridine rings is 1. The average molecular weight is 245 g/mol. The summed E-state index contributed by atoms with van der Waals surface area (Å²) in [4.78, 5) is 19.7. The second-order valence-corrected chi connectivity index (χ2v) is 4.26. The third kappa shape index (κ3) is 1.58. The van der Waals surface area contributed by atoms with E-state index in [-0.39, 0.29) is 5.69 Å². The Labute approximate surface area is 100 Å². The summed E-state index contributed by atoms with van der Waals surface area (Å²) in [5.74, 6) is -1.02. The lowest BCUT2D eigenvalue weighted by molar-refractivity contribution is 0.0691. The molecule has 0 aliphatic heterocycles. The number of carbonyl (C=O) groups is 1. The standard InChI is InChI=1S/C11H7N3O2S/c15-10(16)8-5-14-9(6-17-11(14)13-8)7-3-1-2-4-12-7/h1-6H,(H,15,16). The highest BCUT2D eigenvalue weighted by Gasteiger charge is 2.13. The number of carboxylic acid groups (broad SMARTS) is 1. The van der Waals surface area contributed by atoms with Gasteiger partial charge in [-0.2, -0.15) is 0 Å². The molecule has 0 aliphatic rings. The SMILES string of the molecule is O=C(O)c1cn2c(-c3ccccn3)csc2n1. The lowest BCUT2D eigenvalue weighted by atomic mass is 10.3. The molecule has 17 heavy (non-hydrogen) atoms. The fourth-order valence-corrected chi connectivity index (χ4v) is 2.45. The maximum Gasteiger partial charge on any atom is 0.356 e. The zero-order chi connectivity index (χ0) is 11.8. The van der Waals surface area contributed by atoms with Crippen molar-refractivity contribution in [3.05, 3.63) is 41.7 Å². The van der Waals surface area contributed by atoms with Crippen LogP contribution in [0.2, 0.25) is 0 Å². The summed E-state index contributed by atoms with van der Waals surface area (Å²) >= 11 is 1.40. The van der Waals surface area contributed by atoms with Gasteiger partial charge < -0.3 is 5.11 Å². The van der Waals surface area contributed by atoms with Crippen LogP contribution in [0.15, 0.2) is 36.0 Å². The third-order valence-electron chi connectivity index (χ3n) is 2.36. The molecule has 84 valence electrons. The van der Waals surface area contributed by atoms with Crippen molar-refractivity contribution in [3.8, 4) is 11.4 Å². The number of hydrogen-bond acceptors (Lipinski definition) is 4. The Morgan fingerprint density at radius 2 is 2.29 bits per heavy atom. The van der Waals surface area contributed by atoms with Gasteiger partial charge in [-0.1, -0.05) is 6.07 Å². The Bertz CT molecular complexity index is 687. The van der Waals surface area contributed by atoms with Gasteiger partial charge in [-0.3, -0.25) is 9.38 Å². The summed E-state index contributed by atoms with van der Waals surface area (Å²) in [5, 5.41) is 10.8. The fourth-order valence-electron chi connectivity index (χ4n) is 1.59. The molecule has 0 saturated carbocycles. The summed E-state index contributed by atoms with van der Waals surface area (Å²) in [6.07, 6.45) is 3.21. The predicted molar refractivity (Wildman–Crippen MR) is 63.3 cm³/mol. The fraction of sp³-hybridized carbons (Fsp3) is 0. The summed E-state index contributed by atoms with van der Waals surface area (Å²) in [6, 6.07) is 5.60. The van der Waals surface area contributed by atoms with Crippen LogP contribution in [0.4, 0.5) is 0 Å². The van der Waals surface area contributed by atoms with Crippen LogP contribution in [0.1, 0.15) is 10.5 Å². The van der Waals surface area contributed by atoms with Gasteiger partial charge in [0.25, 0.3) is 0 Å². The van der Waals surface area contributed by atoms with Crippen LogP contribution in [-0.2, 0) is 0 Å². The number of rotatable bonds is 2. The van der Waals surface area contributed by atoms with E-state index in [4.69, 9.17) is 5.11 Å². The van der Waals surface area contributed by atoms with Crippen molar-refractivity contribution in [2.24, 2.45) is 0 Å². The monoisotopic (exact) mass is 245 g/mol. The first kappa shape index (κ1) is 9.98. The van der Waals surface area contributed by atoms with Gasteiger partial charge >= 0.3 is 5.97 Å². The van der Waals surface area contributed by atoms with Crippen molar-refractivity contribution < 1.29 is 9.90 Å². The van der Waals surface area contributed by atoms with E-state index < -0.39 is 5.97 Å². The van der Waals surface area contributed by atoms with E-state index in [2.05, 4.69) is 9.97 Å². The normalized spacial score (nSPS) is 10.8. The summed E-state index contributed by atoms with van der Waals surface area (Å²) in [6.45, 7) is 0. The molecule has 0 atom stereocenters. The molecule has 0 unspecified atom stereocenters. The molecule has 3 aromatic rings. The first-order chi connectivity index (χ1) is 8.25. The van der Waals surface area contributed by atoms with Gasteiger partial charge in [0.1, 0.15) is 0 Å². The summed E-state index contributed by atoms with van der Waals surface area (Å²) in [5.41, 5.74) is 1.70. The molecule has 1 N–H and O–H groups in total. The van der Waals surface area contributed by atoms with Gasteiger partial charge in [-0.15, -0.1) is 11.3 Å². The maximum atomic E-state index is 10.8. The number of thiazole rings is 1. The highest BCUT2D eigenvalue weighted by atomic mass is 32.1. The zero-order valence-corrected chi connectivity index (χ0v) is 9.39. The smallest absolute Gasteiger partial charge is 0.356 e. The molecule has 0 radical (unpaired) electrons. The van der Waals surface area contributed by atoms with Gasteiger partial charge in [0.2, 0.25) is 0 Å². The molecule has 3 heterocycles. The lowest BCUT2D eigenvalue weighted by Crippen LogP contribution is -1.95. The van der Waals surface area contributed by atoms with E-state index in [0.29, 0.717) is 4.96 Å². The number of carboxylic acids is 1. The highest BCUT2D eigenvalue weighted by Crippen LogP contribution is 2.24. The van der Waals surface area contributed by atoms with Crippen LogP contribution in [0, 0.1) is 0 Å². The van der Waals surface area contributed by atoms with Gasteiger partial charge in [-0.05, 0) is 12.1 Å². The molecule has 0 saturated heterocycles. The predicted octanol–water partition coefficient (Wildman–Crippen LogP) is 2.16. The van der Waals surface area contributed by atoms with Crippen molar-refractivity contribution in [1.82, 2.24) is 14.4 Å². The zero-order valence-electron chi connectivity index (χ0n) is 8.57. The molecule has 5 nitrogen and oxygen atoms in total. The molecule has 0 aromatic carbocycles. The molecule has 0 fully saturated rings. The average Bonchev–Trinajstić information content (AvgIpc) is 2.89. The van der Waals surface area contributed by atoms with Crippen LogP contribution in [0.3, 0.4) is 0 Å². The largest absolute Gasteiger partial charge is 0.476 e. The molecule has 0 bridgehead atoms. The minimum atomic E-state index is -1.02. The molecule has 0 amide bonds. The van der Waals surface area contributed by atoms with Crippen molar-refractivity contribution >= 4 is 22.3 Å². The number of nitrogens with zero attached hydrogens (tertiary/aromatic N) is 3. The minimum absolute atomic E-state index is 0.0500. The van der Waals surface area contributed by atoms with Crippen molar-refractivity contribution in [2.75, 3.05) is 0 Å². The second-order valence-electron chi connectivity index (χ2n) is 3.42. The van der Waals surface area contributed by atoms with Crippen LogP contribution in [0.25, 0.3) is 16.3 Å². The third-order valence-corrected chi connectivity index (χ3v) is 3.20. The summed E-state index contributed by atoms with van der Waals surface area (Å²) < 4.78 is 1.75. The molecular weight excluding hydrogens is 238 g/mol. The van der Waals surface area contributed by atoms with Gasteiger partial charge in [0, 0.05) is 17.8 Å². The Hall–Kier alpha value is -2.21. The molecule has 0 spiro atoms. The number of imidazole rings is 1. The number of hydrogen-bond donors (Lipinski definition) is 1. The lowest BCUT2D eigenvalue weighted by Gasteiger charge is -1.96. The number of aromatic nitrogens is 3. The Morgan fingerprint density at radius 3 is 3.00 bits per heavy atom. The number of aromatic carboxylic acids is 1. The van der Waals surface area contributed by atoms with Gasteiger partial charge in [0.05, 0.1) is 11.4 Å². The van der Waals surface area contributed by atoms with Gasteiger partial charge in [0.15, 0.2) is 10.7 Å². The van der Waals surface area contributed by atoms with Crippen molar-refractivity contribution in [3.63, 3.8) is 0 Å². The molecule has 3 aromatic heterocycles. The quantitative estimate of drug-likeness (QED) is 0.751. The van der Waals surface area contributed by atoms with E-state index in [1.54, 1.807) is 10.6 Å². The molecule has 0 aliphatic carbocycles. The first-order valence-electron chi connectivity index (χ1n) is 4.87. The van der Waals surface area contributed by atoms with Gasteiger partial charge in [-0.25, -0.2) is 9.78 Å². The molecule has 3 rings (SSSR count). The highest BCUT2D eigenvalue weighted by molar-refractivity contribution is 7.15. The molecular formula is C11H7N3O2S. The minimum Gasteiger partial charge on any atom is -0.476 e. The van der Waals surface area contributed by atoms with E-state index in [0.717, 1.165) is 11.4 Å². The Balaban J connectivity index is 2.21. The van der Waals surface area contributed by atoms with E-state index in [9.17, 15) is 4.79 Å². The molecule has 6 heteroatoms. The van der Waals surface area contributed by atoms with Crippen LogP contribution < -0.4 is 0 Å². The first-order valence-corrected chi connectivity index (χ1v) is 5.75. The second kappa shape index (κ2) is 3.67. The number of fused-ring (bicyclic) bond motifs is 1. The van der Waals surface area contributed by atoms with Crippen molar-refractivity contribution in [2.45, 2.75) is 0 Å². The Kier molecular flexibility index (Phi) is 2.15. The maximum absolute atomic E-state index is 10.8. The van der Waals surface area contributed by atoms with E-state index in [1.807, 2.05) is 23.6 Å². The van der Waals surface area contributed by atoms with Crippen LogP contribution in [-0.4, -0.2) is 25.4 Å². The van der Waals surface area contributed by atoms with E-state index in [1.165, 1.54) is 17.5 Å². The van der Waals surface area contributed by atoms with Crippen molar-refractivity contribution in [1.29, 1.82) is 0 Å². The van der Waals surface area contributed by atoms with Crippen LogP contribution in [0.5, 0.6) is 0 Å².